The summed E-state index contributed by atoms with van der Waals surface area (Å²) in [6, 6.07) is 20.7. The standard InChI is InChI=1S/C29H23ClFN3O3/c1-17-28(29(18-7-3-2-4-8-18)21-15-19(30)11-12-23(21)32-17)24-16-25(20-9-5-6-10-22(20)31)34(33-24)26(35)13-14-27(36)37/h2-12,15-16,25,33H,13-14H2,1H3,(H,36,37)/t25-/m1/s1. The number of carboxylic acid groups (broad SMARTS) is 1. The first kappa shape index (κ1) is 24.5. The Morgan fingerprint density at radius 3 is 2.49 bits per heavy atom. The molecule has 8 heteroatoms. The molecule has 6 nitrogen and oxygen atoms in total. The average molecular weight is 516 g/mol. The van der Waals surface area contributed by atoms with Crippen molar-refractivity contribution in [1.29, 1.82) is 0 Å². The summed E-state index contributed by atoms with van der Waals surface area (Å²) in [6.45, 7) is 1.88. The number of carboxylic acids is 1. The lowest BCUT2D eigenvalue weighted by atomic mass is 9.92. The predicted octanol–water partition coefficient (Wildman–Crippen LogP) is 6.30. The third-order valence-electron chi connectivity index (χ3n) is 6.35. The first-order valence-corrected chi connectivity index (χ1v) is 12.1. The van der Waals surface area contributed by atoms with Gasteiger partial charge in [0.1, 0.15) is 11.9 Å². The minimum absolute atomic E-state index is 0.232. The summed E-state index contributed by atoms with van der Waals surface area (Å²) < 4.78 is 14.9. The molecule has 4 aromatic rings. The number of benzene rings is 3. The van der Waals surface area contributed by atoms with E-state index in [4.69, 9.17) is 21.7 Å². The van der Waals surface area contributed by atoms with Crippen LogP contribution >= 0.6 is 11.6 Å². The second-order valence-corrected chi connectivity index (χ2v) is 9.23. The quantitative estimate of drug-likeness (QED) is 0.315. The molecule has 0 bridgehead atoms. The maximum Gasteiger partial charge on any atom is 0.303 e. The van der Waals surface area contributed by atoms with Gasteiger partial charge in [0.25, 0.3) is 0 Å². The Labute approximate surface area is 218 Å². The van der Waals surface area contributed by atoms with Gasteiger partial charge in [-0.3, -0.25) is 20.0 Å². The van der Waals surface area contributed by atoms with Crippen LogP contribution in [0.25, 0.3) is 27.7 Å². The van der Waals surface area contributed by atoms with E-state index in [1.165, 1.54) is 11.1 Å². The highest BCUT2D eigenvalue weighted by Crippen LogP contribution is 2.41. The number of hydrogen-bond acceptors (Lipinski definition) is 4. The van der Waals surface area contributed by atoms with Gasteiger partial charge in [0.05, 0.1) is 17.6 Å². The number of aryl methyl sites for hydroxylation is 1. The Bertz CT molecular complexity index is 1560. The molecule has 1 aromatic heterocycles. The van der Waals surface area contributed by atoms with Crippen LogP contribution in [0.4, 0.5) is 4.39 Å². The molecule has 1 atom stereocenters. The molecule has 0 aliphatic carbocycles. The summed E-state index contributed by atoms with van der Waals surface area (Å²) in [4.78, 5) is 29.1. The van der Waals surface area contributed by atoms with Crippen molar-refractivity contribution in [2.24, 2.45) is 0 Å². The molecule has 5 rings (SSSR count). The van der Waals surface area contributed by atoms with E-state index in [-0.39, 0.29) is 12.8 Å². The SMILES string of the molecule is Cc1nc2ccc(Cl)cc2c(-c2ccccc2)c1C1=C[C@H](c2ccccc2F)N(C(=O)CCC(=O)O)N1. The van der Waals surface area contributed by atoms with E-state index in [1.807, 2.05) is 49.4 Å². The Morgan fingerprint density at radius 2 is 1.76 bits per heavy atom. The fourth-order valence-corrected chi connectivity index (χ4v) is 4.87. The molecule has 0 fully saturated rings. The molecule has 37 heavy (non-hydrogen) atoms. The van der Waals surface area contributed by atoms with Gasteiger partial charge in [-0.1, -0.05) is 60.1 Å². The summed E-state index contributed by atoms with van der Waals surface area (Å²) in [7, 11) is 0. The fraction of sp³-hybridized carbons (Fsp3) is 0.138. The van der Waals surface area contributed by atoms with Gasteiger partial charge in [-0.25, -0.2) is 9.40 Å². The largest absolute Gasteiger partial charge is 0.481 e. The zero-order valence-corrected chi connectivity index (χ0v) is 20.7. The number of carbonyl (C=O) groups is 2. The summed E-state index contributed by atoms with van der Waals surface area (Å²) in [5, 5.41) is 11.8. The van der Waals surface area contributed by atoms with Crippen molar-refractivity contribution in [3.8, 4) is 11.1 Å². The molecule has 1 aliphatic heterocycles. The lowest BCUT2D eigenvalue weighted by Gasteiger charge is -2.26. The third-order valence-corrected chi connectivity index (χ3v) is 6.58. The molecule has 0 radical (unpaired) electrons. The number of amides is 1. The second-order valence-electron chi connectivity index (χ2n) is 8.79. The first-order chi connectivity index (χ1) is 17.8. The highest BCUT2D eigenvalue weighted by molar-refractivity contribution is 6.31. The van der Waals surface area contributed by atoms with Gasteiger partial charge in [0.2, 0.25) is 5.91 Å². The number of halogens is 2. The van der Waals surface area contributed by atoms with Crippen LogP contribution in [0, 0.1) is 12.7 Å². The van der Waals surface area contributed by atoms with Crippen LogP contribution in [0.5, 0.6) is 0 Å². The summed E-state index contributed by atoms with van der Waals surface area (Å²) in [5.74, 6) is -2.01. The molecule has 0 spiro atoms. The molecule has 0 saturated heterocycles. The van der Waals surface area contributed by atoms with Crippen molar-refractivity contribution < 1.29 is 19.1 Å². The van der Waals surface area contributed by atoms with E-state index >= 15 is 0 Å². The monoisotopic (exact) mass is 515 g/mol. The van der Waals surface area contributed by atoms with Crippen LogP contribution in [0.3, 0.4) is 0 Å². The topological polar surface area (TPSA) is 82.5 Å². The maximum absolute atomic E-state index is 14.9. The molecule has 3 aromatic carbocycles. The van der Waals surface area contributed by atoms with E-state index in [2.05, 4.69) is 5.43 Å². The van der Waals surface area contributed by atoms with Crippen molar-refractivity contribution in [3.63, 3.8) is 0 Å². The minimum Gasteiger partial charge on any atom is -0.481 e. The summed E-state index contributed by atoms with van der Waals surface area (Å²) in [5.41, 5.74) is 8.04. The van der Waals surface area contributed by atoms with Gasteiger partial charge < -0.3 is 5.11 Å². The Kier molecular flexibility index (Phi) is 6.63. The van der Waals surface area contributed by atoms with Crippen LogP contribution in [0.2, 0.25) is 5.02 Å². The van der Waals surface area contributed by atoms with Gasteiger partial charge in [-0.15, -0.1) is 0 Å². The molecule has 2 N–H and O–H groups in total. The molecule has 1 amide bonds. The third kappa shape index (κ3) is 4.78. The Hall–Kier alpha value is -4.23. The highest BCUT2D eigenvalue weighted by Gasteiger charge is 2.34. The number of hydrogen-bond donors (Lipinski definition) is 2. The van der Waals surface area contributed by atoms with Gasteiger partial charge in [-0.2, -0.15) is 0 Å². The number of hydrazine groups is 1. The van der Waals surface area contributed by atoms with Crippen LogP contribution in [0.1, 0.15) is 35.7 Å². The summed E-state index contributed by atoms with van der Waals surface area (Å²) >= 11 is 6.38. The van der Waals surface area contributed by atoms with Crippen molar-refractivity contribution >= 4 is 40.1 Å². The Morgan fingerprint density at radius 1 is 1.03 bits per heavy atom. The number of carbonyl (C=O) groups excluding carboxylic acids is 1. The molecule has 0 saturated carbocycles. The Balaban J connectivity index is 1.71. The fourth-order valence-electron chi connectivity index (χ4n) is 4.70. The molecule has 2 heterocycles. The van der Waals surface area contributed by atoms with E-state index in [0.29, 0.717) is 22.0 Å². The number of aliphatic carboxylic acids is 1. The van der Waals surface area contributed by atoms with Gasteiger partial charge >= 0.3 is 5.97 Å². The van der Waals surface area contributed by atoms with E-state index < -0.39 is 23.7 Å². The number of aromatic nitrogens is 1. The molecule has 186 valence electrons. The molecule has 0 unspecified atom stereocenters. The van der Waals surface area contributed by atoms with Gasteiger partial charge in [0, 0.05) is 39.2 Å². The molecular formula is C29H23ClFN3O3. The number of nitrogens with one attached hydrogen (secondary N) is 1. The number of nitrogens with zero attached hydrogens (tertiary/aromatic N) is 2. The van der Waals surface area contributed by atoms with Gasteiger partial charge in [0.15, 0.2) is 0 Å². The predicted molar refractivity (Wildman–Crippen MR) is 141 cm³/mol. The van der Waals surface area contributed by atoms with E-state index in [0.717, 1.165) is 27.6 Å². The number of rotatable bonds is 6. The minimum atomic E-state index is -1.08. The summed E-state index contributed by atoms with van der Waals surface area (Å²) in [6.07, 6.45) is 1.22. The van der Waals surface area contributed by atoms with Gasteiger partial charge in [-0.05, 0) is 42.8 Å². The van der Waals surface area contributed by atoms with E-state index in [9.17, 15) is 14.0 Å². The zero-order valence-electron chi connectivity index (χ0n) is 19.9. The highest BCUT2D eigenvalue weighted by atomic mass is 35.5. The normalized spacial score (nSPS) is 14.9. The van der Waals surface area contributed by atoms with E-state index in [1.54, 1.807) is 30.3 Å². The van der Waals surface area contributed by atoms with Crippen LogP contribution in [-0.2, 0) is 9.59 Å². The van der Waals surface area contributed by atoms with Crippen molar-refractivity contribution in [1.82, 2.24) is 15.4 Å². The lowest BCUT2D eigenvalue weighted by Crippen LogP contribution is -2.40. The average Bonchev–Trinajstić information content (AvgIpc) is 3.32. The number of pyridine rings is 1. The molecular weight excluding hydrogens is 493 g/mol. The van der Waals surface area contributed by atoms with Crippen LogP contribution in [-0.4, -0.2) is 27.0 Å². The number of fused-ring (bicyclic) bond motifs is 1. The first-order valence-electron chi connectivity index (χ1n) is 11.8. The van der Waals surface area contributed by atoms with Crippen LogP contribution < -0.4 is 5.43 Å². The van der Waals surface area contributed by atoms with Crippen LogP contribution in [0.15, 0.2) is 78.9 Å². The van der Waals surface area contributed by atoms with Crippen molar-refractivity contribution in [3.05, 3.63) is 107 Å². The molecule has 1 aliphatic rings. The lowest BCUT2D eigenvalue weighted by molar-refractivity contribution is -0.142. The van der Waals surface area contributed by atoms with Crippen molar-refractivity contribution in [2.75, 3.05) is 0 Å². The smallest absolute Gasteiger partial charge is 0.303 e. The second kappa shape index (κ2) is 10.0. The van der Waals surface area contributed by atoms with Crippen molar-refractivity contribution in [2.45, 2.75) is 25.8 Å². The zero-order chi connectivity index (χ0) is 26.1. The maximum atomic E-state index is 14.9.